The average molecular weight is 242 g/mol. The van der Waals surface area contributed by atoms with Crippen LogP contribution in [0.5, 0.6) is 0 Å². The summed E-state index contributed by atoms with van der Waals surface area (Å²) in [4.78, 5) is 11.7. The first-order valence-electron chi connectivity index (χ1n) is 7.15. The normalized spacial score (nSPS) is 11.8. The Hall–Kier alpha value is -0.410. The van der Waals surface area contributed by atoms with Crippen LogP contribution in [0.4, 0.5) is 0 Å². The van der Waals surface area contributed by atoms with Crippen LogP contribution in [0, 0.1) is 0 Å². The lowest BCUT2D eigenvalue weighted by Crippen LogP contribution is -2.56. The molecule has 0 saturated carbocycles. The lowest BCUT2D eigenvalue weighted by atomic mass is 9.96. The van der Waals surface area contributed by atoms with Gasteiger partial charge in [0.25, 0.3) is 0 Å². The van der Waals surface area contributed by atoms with Crippen LogP contribution in [-0.4, -0.2) is 11.4 Å². The number of hydrogen-bond donors (Lipinski definition) is 2. The second-order valence-electron chi connectivity index (χ2n) is 5.08. The summed E-state index contributed by atoms with van der Waals surface area (Å²) in [6, 6.07) is 0. The number of ketones is 1. The second-order valence-corrected chi connectivity index (χ2v) is 5.08. The standard InChI is InChI=1S/C14H30N2O/c1-3-5-6-7-8-9-10-11-13(17)14(15,16)12-4-2/h3-12,15-16H2,1-2H3. The van der Waals surface area contributed by atoms with Gasteiger partial charge in [0, 0.05) is 6.42 Å². The molecule has 0 fully saturated rings. The van der Waals surface area contributed by atoms with E-state index in [1.165, 1.54) is 32.1 Å². The van der Waals surface area contributed by atoms with Gasteiger partial charge in [0.2, 0.25) is 0 Å². The smallest absolute Gasteiger partial charge is 0.166 e. The highest BCUT2D eigenvalue weighted by Crippen LogP contribution is 2.12. The molecule has 0 heterocycles. The maximum Gasteiger partial charge on any atom is 0.166 e. The third kappa shape index (κ3) is 8.33. The zero-order valence-electron chi connectivity index (χ0n) is 11.6. The number of unbranched alkanes of at least 4 members (excludes halogenated alkanes) is 6. The van der Waals surface area contributed by atoms with E-state index in [-0.39, 0.29) is 5.78 Å². The van der Waals surface area contributed by atoms with Gasteiger partial charge in [-0.3, -0.25) is 4.79 Å². The fraction of sp³-hybridized carbons (Fsp3) is 0.929. The Morgan fingerprint density at radius 1 is 0.882 bits per heavy atom. The molecule has 0 radical (unpaired) electrons. The first-order chi connectivity index (χ1) is 8.04. The Labute approximate surface area is 106 Å². The van der Waals surface area contributed by atoms with Crippen molar-refractivity contribution < 1.29 is 4.79 Å². The van der Waals surface area contributed by atoms with Crippen molar-refractivity contribution in [2.45, 2.75) is 83.7 Å². The molecule has 0 aromatic heterocycles. The minimum absolute atomic E-state index is 0.0212. The highest BCUT2D eigenvalue weighted by molar-refractivity contribution is 5.87. The second kappa shape index (κ2) is 9.60. The van der Waals surface area contributed by atoms with Crippen molar-refractivity contribution in [1.82, 2.24) is 0 Å². The Balaban J connectivity index is 3.51. The molecule has 0 rings (SSSR count). The van der Waals surface area contributed by atoms with Crippen LogP contribution < -0.4 is 11.5 Å². The van der Waals surface area contributed by atoms with Crippen molar-refractivity contribution in [3.8, 4) is 0 Å². The Morgan fingerprint density at radius 3 is 1.94 bits per heavy atom. The van der Waals surface area contributed by atoms with Gasteiger partial charge in [-0.05, 0) is 12.8 Å². The van der Waals surface area contributed by atoms with Crippen molar-refractivity contribution in [3.63, 3.8) is 0 Å². The zero-order chi connectivity index (χ0) is 13.1. The average Bonchev–Trinajstić information content (AvgIpc) is 2.27. The highest BCUT2D eigenvalue weighted by atomic mass is 16.1. The highest BCUT2D eigenvalue weighted by Gasteiger charge is 2.26. The minimum atomic E-state index is -1.09. The number of hydrogen-bond acceptors (Lipinski definition) is 3. The molecule has 0 atom stereocenters. The quantitative estimate of drug-likeness (QED) is 0.432. The van der Waals surface area contributed by atoms with Gasteiger partial charge in [0.1, 0.15) is 5.66 Å². The van der Waals surface area contributed by atoms with E-state index in [0.29, 0.717) is 12.8 Å². The van der Waals surface area contributed by atoms with E-state index in [2.05, 4.69) is 6.92 Å². The topological polar surface area (TPSA) is 69.1 Å². The van der Waals surface area contributed by atoms with Gasteiger partial charge in [0.05, 0.1) is 0 Å². The molecule has 0 aliphatic rings. The third-order valence-electron chi connectivity index (χ3n) is 3.19. The van der Waals surface area contributed by atoms with Crippen molar-refractivity contribution in [3.05, 3.63) is 0 Å². The molecule has 102 valence electrons. The number of carbonyl (C=O) groups excluding carboxylic acids is 1. The van der Waals surface area contributed by atoms with Crippen LogP contribution >= 0.6 is 0 Å². The van der Waals surface area contributed by atoms with Crippen molar-refractivity contribution in [2.75, 3.05) is 0 Å². The minimum Gasteiger partial charge on any atom is -0.307 e. The summed E-state index contributed by atoms with van der Waals surface area (Å²) in [7, 11) is 0. The van der Waals surface area contributed by atoms with Gasteiger partial charge in [-0.1, -0.05) is 58.8 Å². The summed E-state index contributed by atoms with van der Waals surface area (Å²) < 4.78 is 0. The largest absolute Gasteiger partial charge is 0.307 e. The molecular weight excluding hydrogens is 212 g/mol. The number of rotatable bonds is 11. The molecule has 3 nitrogen and oxygen atoms in total. The van der Waals surface area contributed by atoms with Crippen LogP contribution in [0.25, 0.3) is 0 Å². The van der Waals surface area contributed by atoms with Crippen molar-refractivity contribution >= 4 is 5.78 Å². The summed E-state index contributed by atoms with van der Waals surface area (Å²) in [6.45, 7) is 4.21. The number of Topliss-reactive ketones (excluding diaryl/α,β-unsaturated/α-hetero) is 1. The van der Waals surface area contributed by atoms with E-state index in [1.54, 1.807) is 0 Å². The number of carbonyl (C=O) groups is 1. The summed E-state index contributed by atoms with van der Waals surface area (Å²) in [5, 5.41) is 0. The first kappa shape index (κ1) is 16.6. The fourth-order valence-electron chi connectivity index (χ4n) is 2.03. The molecule has 0 aliphatic heterocycles. The maximum absolute atomic E-state index is 11.7. The Morgan fingerprint density at radius 2 is 1.41 bits per heavy atom. The maximum atomic E-state index is 11.7. The predicted molar refractivity (Wildman–Crippen MR) is 73.6 cm³/mol. The van der Waals surface area contributed by atoms with Crippen molar-refractivity contribution in [2.24, 2.45) is 11.5 Å². The van der Waals surface area contributed by atoms with Crippen molar-refractivity contribution in [1.29, 1.82) is 0 Å². The summed E-state index contributed by atoms with van der Waals surface area (Å²) in [5.41, 5.74) is 10.5. The van der Waals surface area contributed by atoms with Crippen LogP contribution in [0.3, 0.4) is 0 Å². The van der Waals surface area contributed by atoms with E-state index in [1.807, 2.05) is 6.92 Å². The summed E-state index contributed by atoms with van der Waals surface area (Å²) in [5.74, 6) is 0.0212. The molecule has 0 aromatic rings. The van der Waals surface area contributed by atoms with Gasteiger partial charge >= 0.3 is 0 Å². The third-order valence-corrected chi connectivity index (χ3v) is 3.19. The molecule has 0 unspecified atom stereocenters. The van der Waals surface area contributed by atoms with E-state index >= 15 is 0 Å². The van der Waals surface area contributed by atoms with E-state index in [4.69, 9.17) is 11.5 Å². The molecule has 0 amide bonds. The van der Waals surface area contributed by atoms with E-state index in [9.17, 15) is 4.79 Å². The molecule has 3 heteroatoms. The van der Waals surface area contributed by atoms with Crippen LogP contribution in [0.1, 0.15) is 78.1 Å². The van der Waals surface area contributed by atoms with Gasteiger partial charge < -0.3 is 11.5 Å². The molecule has 0 spiro atoms. The van der Waals surface area contributed by atoms with Gasteiger partial charge in [-0.25, -0.2) is 0 Å². The Kier molecular flexibility index (Phi) is 9.37. The van der Waals surface area contributed by atoms with E-state index in [0.717, 1.165) is 19.3 Å². The van der Waals surface area contributed by atoms with E-state index < -0.39 is 5.66 Å². The monoisotopic (exact) mass is 242 g/mol. The lowest BCUT2D eigenvalue weighted by molar-refractivity contribution is -0.124. The van der Waals surface area contributed by atoms with Crippen LogP contribution in [0.15, 0.2) is 0 Å². The summed E-state index contributed by atoms with van der Waals surface area (Å²) in [6.07, 6.45) is 10.5. The predicted octanol–water partition coefficient (Wildman–Crippen LogP) is 3.11. The molecule has 0 saturated heterocycles. The molecule has 0 aromatic carbocycles. The Bertz CT molecular complexity index is 202. The SMILES string of the molecule is CCCCCCCCCC(=O)C(N)(N)CCC. The molecule has 17 heavy (non-hydrogen) atoms. The molecule has 0 aliphatic carbocycles. The summed E-state index contributed by atoms with van der Waals surface area (Å²) >= 11 is 0. The van der Waals surface area contributed by atoms with Gasteiger partial charge in [-0.2, -0.15) is 0 Å². The van der Waals surface area contributed by atoms with Crippen LogP contribution in [-0.2, 0) is 4.79 Å². The van der Waals surface area contributed by atoms with Gasteiger partial charge in [-0.15, -0.1) is 0 Å². The van der Waals surface area contributed by atoms with Gasteiger partial charge in [0.15, 0.2) is 5.78 Å². The van der Waals surface area contributed by atoms with Crippen LogP contribution in [0.2, 0.25) is 0 Å². The molecule has 4 N–H and O–H groups in total. The first-order valence-corrected chi connectivity index (χ1v) is 7.15. The molecular formula is C14H30N2O. The number of nitrogens with two attached hydrogens (primary N) is 2. The molecule has 0 bridgehead atoms. The zero-order valence-corrected chi connectivity index (χ0v) is 11.6. The lowest BCUT2D eigenvalue weighted by Gasteiger charge is -2.22. The fourth-order valence-corrected chi connectivity index (χ4v) is 2.03.